The average molecular weight is 222 g/mol. The standard InChI is InChI=1S/C13H18O3/c1-3-4-11-5-7-12(8-6-11)16-10(2)9-13(14)15/h5-8,10H,3-4,9H2,1-2H3,(H,14,15)/t10-/m1/s1. The summed E-state index contributed by atoms with van der Waals surface area (Å²) in [6.45, 7) is 3.90. The Hall–Kier alpha value is -1.51. The van der Waals surface area contributed by atoms with Crippen LogP contribution in [0.5, 0.6) is 5.75 Å². The first kappa shape index (κ1) is 12.6. The quantitative estimate of drug-likeness (QED) is 0.805. The summed E-state index contributed by atoms with van der Waals surface area (Å²) in [6.07, 6.45) is 1.91. The van der Waals surface area contributed by atoms with Crippen molar-refractivity contribution in [3.05, 3.63) is 29.8 Å². The fraction of sp³-hybridized carbons (Fsp3) is 0.462. The van der Waals surface area contributed by atoms with Crippen LogP contribution in [0.3, 0.4) is 0 Å². The Balaban J connectivity index is 2.51. The van der Waals surface area contributed by atoms with E-state index in [9.17, 15) is 4.79 Å². The van der Waals surface area contributed by atoms with Gasteiger partial charge in [-0.1, -0.05) is 25.5 Å². The molecule has 0 saturated carbocycles. The van der Waals surface area contributed by atoms with Crippen molar-refractivity contribution in [1.82, 2.24) is 0 Å². The molecule has 0 fully saturated rings. The Morgan fingerprint density at radius 3 is 2.50 bits per heavy atom. The first-order chi connectivity index (χ1) is 7.61. The molecule has 0 aliphatic rings. The molecule has 1 aromatic rings. The van der Waals surface area contributed by atoms with Crippen molar-refractivity contribution in [3.63, 3.8) is 0 Å². The maximum Gasteiger partial charge on any atom is 0.307 e. The second-order valence-electron chi connectivity index (χ2n) is 3.92. The number of hydrogen-bond acceptors (Lipinski definition) is 2. The van der Waals surface area contributed by atoms with Crippen LogP contribution in [0.25, 0.3) is 0 Å². The van der Waals surface area contributed by atoms with Crippen LogP contribution in [0.4, 0.5) is 0 Å². The van der Waals surface area contributed by atoms with Gasteiger partial charge in [0.25, 0.3) is 0 Å². The molecule has 3 nitrogen and oxygen atoms in total. The number of hydrogen-bond donors (Lipinski definition) is 1. The summed E-state index contributed by atoms with van der Waals surface area (Å²) >= 11 is 0. The van der Waals surface area contributed by atoms with Gasteiger partial charge in [-0.25, -0.2) is 0 Å². The number of carboxylic acid groups (broad SMARTS) is 1. The Morgan fingerprint density at radius 2 is 2.00 bits per heavy atom. The molecule has 1 atom stereocenters. The van der Waals surface area contributed by atoms with Crippen molar-refractivity contribution in [2.75, 3.05) is 0 Å². The van der Waals surface area contributed by atoms with Gasteiger partial charge in [-0.05, 0) is 31.0 Å². The molecule has 0 aliphatic carbocycles. The van der Waals surface area contributed by atoms with Crippen molar-refractivity contribution >= 4 is 5.97 Å². The first-order valence-corrected chi connectivity index (χ1v) is 5.59. The second kappa shape index (κ2) is 6.16. The van der Waals surface area contributed by atoms with Gasteiger partial charge >= 0.3 is 5.97 Å². The maximum atomic E-state index is 10.5. The van der Waals surface area contributed by atoms with E-state index < -0.39 is 5.97 Å². The molecule has 88 valence electrons. The lowest BCUT2D eigenvalue weighted by molar-refractivity contribution is -0.138. The van der Waals surface area contributed by atoms with E-state index in [0.29, 0.717) is 0 Å². The third kappa shape index (κ3) is 4.34. The minimum atomic E-state index is -0.838. The molecule has 0 saturated heterocycles. The highest BCUT2D eigenvalue weighted by atomic mass is 16.5. The molecule has 3 heteroatoms. The molecule has 1 rings (SSSR count). The van der Waals surface area contributed by atoms with E-state index in [1.807, 2.05) is 24.3 Å². The molecule has 0 spiro atoms. The topological polar surface area (TPSA) is 46.5 Å². The molecular formula is C13H18O3. The average Bonchev–Trinajstić information content (AvgIpc) is 2.20. The van der Waals surface area contributed by atoms with Crippen molar-refractivity contribution in [2.45, 2.75) is 39.2 Å². The molecule has 16 heavy (non-hydrogen) atoms. The molecule has 0 bridgehead atoms. The van der Waals surface area contributed by atoms with Gasteiger partial charge in [-0.2, -0.15) is 0 Å². The Morgan fingerprint density at radius 1 is 1.38 bits per heavy atom. The number of carbonyl (C=O) groups is 1. The lowest BCUT2D eigenvalue weighted by Crippen LogP contribution is -2.16. The summed E-state index contributed by atoms with van der Waals surface area (Å²) in [5.74, 6) is -0.108. The summed E-state index contributed by atoms with van der Waals surface area (Å²) in [7, 11) is 0. The van der Waals surface area contributed by atoms with Crippen LogP contribution in [-0.2, 0) is 11.2 Å². The normalized spacial score (nSPS) is 12.1. The van der Waals surface area contributed by atoms with E-state index in [2.05, 4.69) is 6.92 Å². The number of aryl methyl sites for hydroxylation is 1. The Bertz CT molecular complexity index is 330. The Labute approximate surface area is 96.1 Å². The van der Waals surface area contributed by atoms with Gasteiger partial charge < -0.3 is 9.84 Å². The largest absolute Gasteiger partial charge is 0.490 e. The molecule has 0 heterocycles. The van der Waals surface area contributed by atoms with E-state index in [1.165, 1.54) is 5.56 Å². The van der Waals surface area contributed by atoms with Gasteiger partial charge in [-0.3, -0.25) is 4.79 Å². The van der Waals surface area contributed by atoms with Crippen LogP contribution in [0.15, 0.2) is 24.3 Å². The molecule has 0 amide bonds. The minimum Gasteiger partial charge on any atom is -0.490 e. The van der Waals surface area contributed by atoms with Gasteiger partial charge in [0, 0.05) is 0 Å². The van der Waals surface area contributed by atoms with Crippen LogP contribution in [0.2, 0.25) is 0 Å². The van der Waals surface area contributed by atoms with Crippen molar-refractivity contribution in [3.8, 4) is 5.75 Å². The van der Waals surface area contributed by atoms with E-state index in [4.69, 9.17) is 9.84 Å². The second-order valence-corrected chi connectivity index (χ2v) is 3.92. The van der Waals surface area contributed by atoms with E-state index in [0.717, 1.165) is 18.6 Å². The number of benzene rings is 1. The number of rotatable bonds is 6. The minimum absolute atomic E-state index is 0.0245. The van der Waals surface area contributed by atoms with Gasteiger partial charge in [0.05, 0.1) is 6.42 Å². The first-order valence-electron chi connectivity index (χ1n) is 5.59. The molecule has 0 radical (unpaired) electrons. The van der Waals surface area contributed by atoms with Crippen LogP contribution in [0.1, 0.15) is 32.3 Å². The zero-order valence-corrected chi connectivity index (χ0v) is 9.77. The van der Waals surface area contributed by atoms with E-state index in [1.54, 1.807) is 6.92 Å². The van der Waals surface area contributed by atoms with Crippen molar-refractivity contribution in [2.24, 2.45) is 0 Å². The number of aliphatic carboxylic acids is 1. The lowest BCUT2D eigenvalue weighted by atomic mass is 10.1. The molecule has 0 unspecified atom stereocenters. The highest BCUT2D eigenvalue weighted by Gasteiger charge is 2.08. The monoisotopic (exact) mass is 222 g/mol. The van der Waals surface area contributed by atoms with Crippen LogP contribution >= 0.6 is 0 Å². The summed E-state index contributed by atoms with van der Waals surface area (Å²) in [5, 5.41) is 8.60. The van der Waals surface area contributed by atoms with Crippen molar-refractivity contribution in [1.29, 1.82) is 0 Å². The number of ether oxygens (including phenoxy) is 1. The predicted molar refractivity (Wildman–Crippen MR) is 62.8 cm³/mol. The van der Waals surface area contributed by atoms with E-state index >= 15 is 0 Å². The molecule has 1 aromatic carbocycles. The predicted octanol–water partition coefficient (Wildman–Crippen LogP) is 2.88. The lowest BCUT2D eigenvalue weighted by Gasteiger charge is -2.12. The summed E-state index contributed by atoms with van der Waals surface area (Å²) in [4.78, 5) is 10.5. The highest BCUT2D eigenvalue weighted by Crippen LogP contribution is 2.15. The third-order valence-corrected chi connectivity index (χ3v) is 2.26. The summed E-state index contributed by atoms with van der Waals surface area (Å²) in [5.41, 5.74) is 1.28. The zero-order chi connectivity index (χ0) is 12.0. The zero-order valence-electron chi connectivity index (χ0n) is 9.77. The third-order valence-electron chi connectivity index (χ3n) is 2.26. The summed E-state index contributed by atoms with van der Waals surface area (Å²) in [6, 6.07) is 7.82. The van der Waals surface area contributed by atoms with Gasteiger partial charge in [0.1, 0.15) is 11.9 Å². The smallest absolute Gasteiger partial charge is 0.307 e. The molecule has 1 N–H and O–H groups in total. The van der Waals surface area contributed by atoms with Crippen molar-refractivity contribution < 1.29 is 14.6 Å². The van der Waals surface area contributed by atoms with Crippen LogP contribution in [-0.4, -0.2) is 17.2 Å². The van der Waals surface area contributed by atoms with E-state index in [-0.39, 0.29) is 12.5 Å². The van der Waals surface area contributed by atoms with Gasteiger partial charge in [0.15, 0.2) is 0 Å². The van der Waals surface area contributed by atoms with Crippen LogP contribution < -0.4 is 4.74 Å². The Kier molecular flexibility index (Phi) is 4.83. The summed E-state index contributed by atoms with van der Waals surface area (Å²) < 4.78 is 5.48. The molecular weight excluding hydrogens is 204 g/mol. The van der Waals surface area contributed by atoms with Gasteiger partial charge in [-0.15, -0.1) is 0 Å². The maximum absolute atomic E-state index is 10.5. The fourth-order valence-electron chi connectivity index (χ4n) is 1.54. The number of carboxylic acids is 1. The van der Waals surface area contributed by atoms with Crippen LogP contribution in [0, 0.1) is 0 Å². The fourth-order valence-corrected chi connectivity index (χ4v) is 1.54. The highest BCUT2D eigenvalue weighted by molar-refractivity contribution is 5.67. The van der Waals surface area contributed by atoms with Gasteiger partial charge in [0.2, 0.25) is 0 Å². The molecule has 0 aliphatic heterocycles. The SMILES string of the molecule is CCCc1ccc(O[C@H](C)CC(=O)O)cc1. The molecule has 0 aromatic heterocycles.